The number of ketones is 1. The maximum absolute atomic E-state index is 13.6. The molecular formula is C16H15BrFNO. The first kappa shape index (κ1) is 14.9. The topological polar surface area (TPSA) is 43.1 Å². The van der Waals surface area contributed by atoms with E-state index in [0.29, 0.717) is 5.56 Å². The van der Waals surface area contributed by atoms with E-state index in [1.54, 1.807) is 12.1 Å². The van der Waals surface area contributed by atoms with Crippen molar-refractivity contribution in [2.75, 3.05) is 0 Å². The lowest BCUT2D eigenvalue weighted by molar-refractivity contribution is -0.118. The predicted molar refractivity (Wildman–Crippen MR) is 80.8 cm³/mol. The normalized spacial score (nSPS) is 12.2. The number of Topliss-reactive ketones (excluding diaryl/α,β-unsaturated/α-hetero) is 1. The van der Waals surface area contributed by atoms with Crippen LogP contribution in [-0.2, 0) is 11.2 Å². The van der Waals surface area contributed by atoms with E-state index in [-0.39, 0.29) is 30.5 Å². The highest BCUT2D eigenvalue weighted by atomic mass is 79.9. The number of carbonyl (C=O) groups is 1. The molecule has 1 atom stereocenters. The fraction of sp³-hybridized carbons (Fsp3) is 0.188. The Labute approximate surface area is 125 Å². The van der Waals surface area contributed by atoms with Crippen molar-refractivity contribution in [1.29, 1.82) is 0 Å². The standard InChI is InChI=1S/C16H15BrFNO/c17-13-6-7-15(18)12(8-13)9-14(20)10-16(19)11-4-2-1-3-5-11/h1-8,16H,9-10,19H2. The summed E-state index contributed by atoms with van der Waals surface area (Å²) in [6, 6.07) is 13.7. The van der Waals surface area contributed by atoms with Crippen molar-refractivity contribution in [3.8, 4) is 0 Å². The van der Waals surface area contributed by atoms with Crippen molar-refractivity contribution in [3.63, 3.8) is 0 Å². The van der Waals surface area contributed by atoms with Gasteiger partial charge in [-0.25, -0.2) is 4.39 Å². The molecule has 0 aliphatic carbocycles. The van der Waals surface area contributed by atoms with Crippen LogP contribution >= 0.6 is 15.9 Å². The molecule has 0 amide bonds. The van der Waals surface area contributed by atoms with E-state index < -0.39 is 0 Å². The summed E-state index contributed by atoms with van der Waals surface area (Å²) in [6.45, 7) is 0. The first-order valence-electron chi connectivity index (χ1n) is 6.32. The molecular weight excluding hydrogens is 321 g/mol. The van der Waals surface area contributed by atoms with Crippen LogP contribution in [0.15, 0.2) is 53.0 Å². The molecule has 0 saturated carbocycles. The van der Waals surface area contributed by atoms with Crippen molar-refractivity contribution in [3.05, 3.63) is 69.9 Å². The Balaban J connectivity index is 2.01. The Morgan fingerprint density at radius 2 is 1.90 bits per heavy atom. The molecule has 0 aromatic heterocycles. The van der Waals surface area contributed by atoms with Crippen LogP contribution in [0.1, 0.15) is 23.6 Å². The minimum atomic E-state index is -0.366. The molecule has 0 fully saturated rings. The molecule has 2 N–H and O–H groups in total. The van der Waals surface area contributed by atoms with Gasteiger partial charge in [-0.05, 0) is 29.3 Å². The van der Waals surface area contributed by atoms with Gasteiger partial charge in [0.05, 0.1) is 0 Å². The van der Waals surface area contributed by atoms with Gasteiger partial charge in [0.15, 0.2) is 0 Å². The molecule has 0 spiro atoms. The third-order valence-corrected chi connectivity index (χ3v) is 3.56. The zero-order chi connectivity index (χ0) is 14.5. The highest BCUT2D eigenvalue weighted by Crippen LogP contribution is 2.19. The van der Waals surface area contributed by atoms with Gasteiger partial charge in [0.2, 0.25) is 0 Å². The van der Waals surface area contributed by atoms with E-state index >= 15 is 0 Å². The molecule has 2 aromatic carbocycles. The smallest absolute Gasteiger partial charge is 0.139 e. The van der Waals surface area contributed by atoms with Crippen LogP contribution < -0.4 is 5.73 Å². The fourth-order valence-electron chi connectivity index (χ4n) is 2.03. The number of hydrogen-bond donors (Lipinski definition) is 1. The molecule has 1 unspecified atom stereocenters. The molecule has 2 nitrogen and oxygen atoms in total. The Morgan fingerprint density at radius 1 is 1.20 bits per heavy atom. The van der Waals surface area contributed by atoms with Crippen molar-refractivity contribution < 1.29 is 9.18 Å². The molecule has 4 heteroatoms. The van der Waals surface area contributed by atoms with Crippen LogP contribution in [0.2, 0.25) is 0 Å². The van der Waals surface area contributed by atoms with Crippen molar-refractivity contribution in [2.24, 2.45) is 5.73 Å². The Hall–Kier alpha value is -1.52. The molecule has 2 rings (SSSR count). The van der Waals surface area contributed by atoms with Gasteiger partial charge in [-0.15, -0.1) is 0 Å². The number of nitrogens with two attached hydrogens (primary N) is 1. The highest BCUT2D eigenvalue weighted by molar-refractivity contribution is 9.10. The molecule has 0 aliphatic rings. The number of benzene rings is 2. The van der Waals surface area contributed by atoms with E-state index in [2.05, 4.69) is 15.9 Å². The first-order valence-corrected chi connectivity index (χ1v) is 7.11. The van der Waals surface area contributed by atoms with E-state index in [9.17, 15) is 9.18 Å². The maximum Gasteiger partial charge on any atom is 0.139 e. The van der Waals surface area contributed by atoms with Crippen molar-refractivity contribution in [2.45, 2.75) is 18.9 Å². The quantitative estimate of drug-likeness (QED) is 0.903. The number of rotatable bonds is 5. The minimum Gasteiger partial charge on any atom is -0.324 e. The first-order chi connectivity index (χ1) is 9.56. The van der Waals surface area contributed by atoms with Gasteiger partial charge in [0.1, 0.15) is 11.6 Å². The Bertz CT molecular complexity index is 601. The number of hydrogen-bond acceptors (Lipinski definition) is 2. The van der Waals surface area contributed by atoms with E-state index in [1.165, 1.54) is 6.07 Å². The molecule has 104 valence electrons. The summed E-state index contributed by atoms with van der Waals surface area (Å²) in [5.41, 5.74) is 7.30. The number of carbonyl (C=O) groups excluding carboxylic acids is 1. The fourth-order valence-corrected chi connectivity index (χ4v) is 2.44. The summed E-state index contributed by atoms with van der Waals surface area (Å²) in [5, 5.41) is 0. The SMILES string of the molecule is NC(CC(=O)Cc1cc(Br)ccc1F)c1ccccc1. The monoisotopic (exact) mass is 335 g/mol. The van der Waals surface area contributed by atoms with E-state index in [4.69, 9.17) is 5.73 Å². The molecule has 0 bridgehead atoms. The third-order valence-electron chi connectivity index (χ3n) is 3.07. The Morgan fingerprint density at radius 3 is 2.60 bits per heavy atom. The van der Waals surface area contributed by atoms with Crippen molar-refractivity contribution in [1.82, 2.24) is 0 Å². The van der Waals surface area contributed by atoms with Crippen LogP contribution in [-0.4, -0.2) is 5.78 Å². The molecule has 2 aromatic rings. The average molecular weight is 336 g/mol. The highest BCUT2D eigenvalue weighted by Gasteiger charge is 2.14. The third kappa shape index (κ3) is 3.99. The van der Waals surface area contributed by atoms with Gasteiger partial charge < -0.3 is 5.73 Å². The summed E-state index contributed by atoms with van der Waals surface area (Å²) in [4.78, 5) is 12.0. The van der Waals surface area contributed by atoms with Crippen LogP contribution in [0.4, 0.5) is 4.39 Å². The van der Waals surface area contributed by atoms with Crippen LogP contribution in [0, 0.1) is 5.82 Å². The summed E-state index contributed by atoms with van der Waals surface area (Å²) in [7, 11) is 0. The van der Waals surface area contributed by atoms with Crippen molar-refractivity contribution >= 4 is 21.7 Å². The molecule has 20 heavy (non-hydrogen) atoms. The summed E-state index contributed by atoms with van der Waals surface area (Å²) in [6.07, 6.45) is 0.266. The van der Waals surface area contributed by atoms with Gasteiger partial charge in [-0.2, -0.15) is 0 Å². The summed E-state index contributed by atoms with van der Waals surface area (Å²) >= 11 is 3.27. The van der Waals surface area contributed by atoms with Gasteiger partial charge in [0.25, 0.3) is 0 Å². The van der Waals surface area contributed by atoms with Crippen LogP contribution in [0.5, 0.6) is 0 Å². The molecule has 0 aliphatic heterocycles. The lowest BCUT2D eigenvalue weighted by atomic mass is 9.99. The van der Waals surface area contributed by atoms with Gasteiger partial charge in [0, 0.05) is 23.4 Å². The lowest BCUT2D eigenvalue weighted by Crippen LogP contribution is -2.17. The molecule has 0 heterocycles. The lowest BCUT2D eigenvalue weighted by Gasteiger charge is -2.11. The number of halogens is 2. The van der Waals surface area contributed by atoms with Crippen LogP contribution in [0.25, 0.3) is 0 Å². The second kappa shape index (κ2) is 6.77. The minimum absolute atomic E-state index is 0.0613. The van der Waals surface area contributed by atoms with Gasteiger partial charge in [-0.3, -0.25) is 4.79 Å². The average Bonchev–Trinajstić information content (AvgIpc) is 2.43. The summed E-state index contributed by atoms with van der Waals surface area (Å²) in [5.74, 6) is -0.437. The van der Waals surface area contributed by atoms with Crippen LogP contribution in [0.3, 0.4) is 0 Å². The molecule has 0 saturated heterocycles. The Kier molecular flexibility index (Phi) is 5.04. The van der Waals surface area contributed by atoms with Gasteiger partial charge >= 0.3 is 0 Å². The largest absolute Gasteiger partial charge is 0.324 e. The summed E-state index contributed by atoms with van der Waals surface area (Å²) < 4.78 is 14.3. The van der Waals surface area contributed by atoms with E-state index in [0.717, 1.165) is 10.0 Å². The second-order valence-electron chi connectivity index (χ2n) is 4.67. The predicted octanol–water partition coefficient (Wildman–Crippen LogP) is 3.79. The zero-order valence-corrected chi connectivity index (χ0v) is 12.4. The second-order valence-corrected chi connectivity index (χ2v) is 5.59. The molecule has 0 radical (unpaired) electrons. The van der Waals surface area contributed by atoms with Gasteiger partial charge in [-0.1, -0.05) is 46.3 Å². The maximum atomic E-state index is 13.6. The zero-order valence-electron chi connectivity index (χ0n) is 10.9. The van der Waals surface area contributed by atoms with E-state index in [1.807, 2.05) is 30.3 Å².